The number of carboxylic acid groups (broad SMARTS) is 1. The van der Waals surface area contributed by atoms with Gasteiger partial charge in [-0.2, -0.15) is 13.2 Å². The Morgan fingerprint density at radius 1 is 0.897 bits per heavy atom. The fourth-order valence-electron chi connectivity index (χ4n) is 4.08. The molecule has 1 aromatic heterocycles. The zero-order valence-corrected chi connectivity index (χ0v) is 23.7. The number of unbranched alkanes of at least 4 members (excludes halogenated alkanes) is 9. The monoisotopic (exact) mass is 590 g/mol. The van der Waals surface area contributed by atoms with Crippen molar-refractivity contribution in [3.63, 3.8) is 0 Å². The number of hydrogen-bond donors (Lipinski definition) is 3. The van der Waals surface area contributed by atoms with E-state index in [1.165, 1.54) is 44.6 Å². The van der Waals surface area contributed by atoms with Gasteiger partial charge < -0.3 is 10.4 Å². The first-order valence-corrected chi connectivity index (χ1v) is 15.5. The van der Waals surface area contributed by atoms with E-state index in [1.54, 1.807) is 6.07 Å². The van der Waals surface area contributed by atoms with Crippen LogP contribution in [0.2, 0.25) is 0 Å². The van der Waals surface area contributed by atoms with Crippen LogP contribution in [0.4, 0.5) is 13.2 Å². The molecule has 0 aliphatic heterocycles. The van der Waals surface area contributed by atoms with Gasteiger partial charge in [-0.05, 0) is 36.2 Å². The maximum atomic E-state index is 12.9. The Balaban J connectivity index is 1.91. The minimum atomic E-state index is -4.55. The number of nitrogens with one attached hydrogen (secondary N) is 2. The zero-order chi connectivity index (χ0) is 28.9. The highest BCUT2D eigenvalue weighted by molar-refractivity contribution is 7.91. The van der Waals surface area contributed by atoms with Crippen molar-refractivity contribution < 1.29 is 36.3 Å². The molecule has 39 heavy (non-hydrogen) atoms. The zero-order valence-electron chi connectivity index (χ0n) is 22.1. The molecule has 1 atom stereocenters. The van der Waals surface area contributed by atoms with Crippen molar-refractivity contribution in [2.24, 2.45) is 0 Å². The lowest BCUT2D eigenvalue weighted by atomic mass is 10.0. The van der Waals surface area contributed by atoms with Crippen LogP contribution in [-0.2, 0) is 32.2 Å². The van der Waals surface area contributed by atoms with E-state index in [4.69, 9.17) is 5.11 Å². The summed E-state index contributed by atoms with van der Waals surface area (Å²) in [7, 11) is -3.75. The van der Waals surface area contributed by atoms with Gasteiger partial charge in [0, 0.05) is 17.8 Å². The Hall–Kier alpha value is -2.44. The fourth-order valence-corrected chi connectivity index (χ4v) is 6.60. The lowest BCUT2D eigenvalue weighted by Gasteiger charge is -2.18. The van der Waals surface area contributed by atoms with Gasteiger partial charge in [-0.15, -0.1) is 11.3 Å². The number of carbonyl (C=O) groups excluding carboxylic acids is 1. The number of carboxylic acids is 1. The van der Waals surface area contributed by atoms with Gasteiger partial charge in [0.25, 0.3) is 0 Å². The number of carbonyl (C=O) groups is 2. The van der Waals surface area contributed by atoms with Crippen LogP contribution in [0.5, 0.6) is 0 Å². The number of alkyl halides is 3. The molecule has 0 aliphatic rings. The van der Waals surface area contributed by atoms with Gasteiger partial charge in [-0.3, -0.25) is 4.79 Å². The van der Waals surface area contributed by atoms with Gasteiger partial charge >= 0.3 is 18.1 Å². The van der Waals surface area contributed by atoms with E-state index in [1.807, 2.05) is 0 Å². The van der Waals surface area contributed by atoms with Crippen LogP contribution in [0.15, 0.2) is 40.6 Å². The molecule has 0 saturated heterocycles. The molecule has 0 bridgehead atoms. The van der Waals surface area contributed by atoms with E-state index in [9.17, 15) is 31.2 Å². The van der Waals surface area contributed by atoms with Crippen LogP contribution in [-0.4, -0.2) is 31.9 Å². The Kier molecular flexibility index (Phi) is 13.4. The summed E-state index contributed by atoms with van der Waals surface area (Å²) < 4.78 is 66.8. The van der Waals surface area contributed by atoms with E-state index in [2.05, 4.69) is 17.0 Å². The third-order valence-electron chi connectivity index (χ3n) is 6.27. The van der Waals surface area contributed by atoms with Crippen LogP contribution in [0.3, 0.4) is 0 Å². The molecule has 0 saturated carbocycles. The van der Waals surface area contributed by atoms with Crippen molar-refractivity contribution >= 4 is 33.2 Å². The first-order chi connectivity index (χ1) is 18.4. The van der Waals surface area contributed by atoms with E-state index in [-0.39, 0.29) is 16.2 Å². The molecule has 218 valence electrons. The van der Waals surface area contributed by atoms with E-state index < -0.39 is 39.7 Å². The number of amides is 1. The van der Waals surface area contributed by atoms with Gasteiger partial charge in [0.05, 0.1) is 11.6 Å². The molecular formula is C27H37F3N2O5S2. The Morgan fingerprint density at radius 3 is 2.00 bits per heavy atom. The molecule has 2 aromatic rings. The number of sulfonamides is 1. The van der Waals surface area contributed by atoms with E-state index >= 15 is 0 Å². The van der Waals surface area contributed by atoms with Gasteiger partial charge in [0.1, 0.15) is 4.21 Å². The average molecular weight is 591 g/mol. The molecule has 0 fully saturated rings. The SMILES string of the molecule is CCCCCCCCCCCCNS(=O)(=O)c1ccc(CC(NC(=O)C(=O)O)c2ccc(C(F)(F)F)cc2)s1. The van der Waals surface area contributed by atoms with Gasteiger partial charge in [0.15, 0.2) is 0 Å². The first kappa shape index (κ1) is 32.8. The van der Waals surface area contributed by atoms with Crippen LogP contribution in [0.1, 0.15) is 93.2 Å². The van der Waals surface area contributed by atoms with Crippen LogP contribution < -0.4 is 10.0 Å². The van der Waals surface area contributed by atoms with Gasteiger partial charge in [-0.25, -0.2) is 17.9 Å². The van der Waals surface area contributed by atoms with Crippen LogP contribution in [0.25, 0.3) is 0 Å². The molecule has 2 rings (SSSR count). The molecule has 12 heteroatoms. The number of rotatable bonds is 17. The third-order valence-corrected chi connectivity index (χ3v) is 9.33. The number of hydrogen-bond acceptors (Lipinski definition) is 5. The summed E-state index contributed by atoms with van der Waals surface area (Å²) in [5, 5.41) is 11.2. The highest BCUT2D eigenvalue weighted by atomic mass is 32.2. The Morgan fingerprint density at radius 2 is 1.46 bits per heavy atom. The quantitative estimate of drug-likeness (QED) is 0.145. The molecule has 3 N–H and O–H groups in total. The largest absolute Gasteiger partial charge is 0.474 e. The minimum absolute atomic E-state index is 0.00299. The summed E-state index contributed by atoms with van der Waals surface area (Å²) >= 11 is 0.959. The number of thiophene rings is 1. The molecule has 1 aromatic carbocycles. The Bertz CT molecular complexity index is 1150. The third kappa shape index (κ3) is 11.7. The second-order valence-corrected chi connectivity index (χ2v) is 12.6. The van der Waals surface area contributed by atoms with Crippen molar-refractivity contribution in [3.8, 4) is 0 Å². The molecule has 0 aliphatic carbocycles. The standard InChI is InChI=1S/C27H37F3N2O5S2/c1-2-3-4-5-6-7-8-9-10-11-18-31-39(36,37)24-17-16-22(38-24)19-23(32-25(33)26(34)35)20-12-14-21(15-13-20)27(28,29)30/h12-17,23,31H,2-11,18-19H2,1H3,(H,32,33)(H,34,35). The molecule has 1 amide bonds. The van der Waals surface area contributed by atoms with Crippen LogP contribution >= 0.6 is 11.3 Å². The lowest BCUT2D eigenvalue weighted by Crippen LogP contribution is -2.35. The highest BCUT2D eigenvalue weighted by Gasteiger charge is 2.30. The van der Waals surface area contributed by atoms with Gasteiger partial charge in [0.2, 0.25) is 10.0 Å². The molecular weight excluding hydrogens is 553 g/mol. The van der Waals surface area contributed by atoms with Crippen molar-refractivity contribution in [2.75, 3.05) is 6.54 Å². The van der Waals surface area contributed by atoms with Crippen LogP contribution in [0, 0.1) is 0 Å². The predicted octanol–water partition coefficient (Wildman–Crippen LogP) is 6.45. The fraction of sp³-hybridized carbons (Fsp3) is 0.556. The predicted molar refractivity (Wildman–Crippen MR) is 145 cm³/mol. The smallest absolute Gasteiger partial charge is 0.416 e. The van der Waals surface area contributed by atoms with E-state index in [0.717, 1.165) is 61.3 Å². The van der Waals surface area contributed by atoms with Crippen molar-refractivity contribution in [1.29, 1.82) is 0 Å². The maximum absolute atomic E-state index is 12.9. The molecule has 7 nitrogen and oxygen atoms in total. The molecule has 0 radical (unpaired) electrons. The minimum Gasteiger partial charge on any atom is -0.474 e. The van der Waals surface area contributed by atoms with Gasteiger partial charge in [-0.1, -0.05) is 76.8 Å². The lowest BCUT2D eigenvalue weighted by molar-refractivity contribution is -0.150. The summed E-state index contributed by atoms with van der Waals surface area (Å²) in [6.07, 6.45) is 6.85. The normalized spacial score (nSPS) is 12.8. The summed E-state index contributed by atoms with van der Waals surface area (Å²) in [5.41, 5.74) is -0.623. The van der Waals surface area contributed by atoms with Crippen molar-refractivity contribution in [3.05, 3.63) is 52.4 Å². The van der Waals surface area contributed by atoms with E-state index in [0.29, 0.717) is 11.4 Å². The molecule has 1 unspecified atom stereocenters. The second kappa shape index (κ2) is 16.0. The summed E-state index contributed by atoms with van der Waals surface area (Å²) in [6.45, 7) is 2.51. The summed E-state index contributed by atoms with van der Waals surface area (Å²) in [4.78, 5) is 23.4. The highest BCUT2D eigenvalue weighted by Crippen LogP contribution is 2.31. The topological polar surface area (TPSA) is 113 Å². The number of aliphatic carboxylic acids is 1. The first-order valence-electron chi connectivity index (χ1n) is 13.2. The average Bonchev–Trinajstić information content (AvgIpc) is 3.36. The molecule has 1 heterocycles. The van der Waals surface area contributed by atoms with Crippen molar-refractivity contribution in [2.45, 2.75) is 94.0 Å². The second-order valence-electron chi connectivity index (χ2n) is 9.46. The van der Waals surface area contributed by atoms with Crippen molar-refractivity contribution in [1.82, 2.24) is 10.0 Å². The Labute approximate surface area is 232 Å². The number of halogens is 3. The summed E-state index contributed by atoms with van der Waals surface area (Å²) in [5.74, 6) is -3.06. The molecule has 0 spiro atoms. The summed E-state index contributed by atoms with van der Waals surface area (Å²) in [6, 6.07) is 6.01. The number of benzene rings is 1. The maximum Gasteiger partial charge on any atom is 0.416 e.